The zero-order chi connectivity index (χ0) is 25.6. The maximum Gasteiger partial charge on any atom is 0.339 e. The summed E-state index contributed by atoms with van der Waals surface area (Å²) in [5.74, 6) is -8.45. The van der Waals surface area contributed by atoms with Gasteiger partial charge in [0, 0.05) is 0 Å². The van der Waals surface area contributed by atoms with Crippen LogP contribution in [0.15, 0.2) is 36.4 Å². The first-order valence-electron chi connectivity index (χ1n) is 9.16. The van der Waals surface area contributed by atoms with Crippen molar-refractivity contribution in [3.63, 3.8) is 0 Å². The number of carboxylic acids is 4. The second-order valence-electron chi connectivity index (χ2n) is 6.59. The molecule has 2 aromatic carbocycles. The van der Waals surface area contributed by atoms with Crippen LogP contribution in [0.3, 0.4) is 0 Å². The van der Waals surface area contributed by atoms with Gasteiger partial charge in [0.25, 0.3) is 0 Å². The Morgan fingerprint density at radius 1 is 0.588 bits per heavy atom. The standard InChI is InChI=1S/C21H16O13/c22-11(7-33-20(31)14-5-9(16(23)24)1-3-12(14)18(27)28)8-34-21(32)15-6-10(17(25)26)2-4-13(15)19(29)30/h1-6,11,22H,7-8H2,(H,23,24)(H,25,26)(H,27,28)(H,29,30). The third-order valence-electron chi connectivity index (χ3n) is 4.25. The molecule has 13 heteroatoms. The Hall–Kier alpha value is -4.78. The van der Waals surface area contributed by atoms with Crippen LogP contribution >= 0.6 is 0 Å². The van der Waals surface area contributed by atoms with Gasteiger partial charge in [-0.25, -0.2) is 28.8 Å². The van der Waals surface area contributed by atoms with E-state index in [4.69, 9.17) is 29.9 Å². The van der Waals surface area contributed by atoms with Crippen molar-refractivity contribution in [2.45, 2.75) is 6.10 Å². The lowest BCUT2D eigenvalue weighted by Crippen LogP contribution is -2.26. The van der Waals surface area contributed by atoms with Crippen molar-refractivity contribution in [1.82, 2.24) is 0 Å². The number of rotatable bonds is 10. The SMILES string of the molecule is O=C(O)c1ccc(C(=O)O)c(C(=O)OCC(O)COC(=O)c2cc(C(=O)O)ccc2C(=O)O)c1. The molecule has 0 aliphatic heterocycles. The minimum atomic E-state index is -1.64. The van der Waals surface area contributed by atoms with Crippen LogP contribution in [0.4, 0.5) is 0 Å². The number of aliphatic hydroxyl groups is 1. The first-order chi connectivity index (χ1) is 15.9. The van der Waals surface area contributed by atoms with Gasteiger partial charge in [0.1, 0.15) is 19.3 Å². The Labute approximate surface area is 189 Å². The molecule has 0 amide bonds. The summed E-state index contributed by atoms with van der Waals surface area (Å²) in [6.07, 6.45) is -1.64. The largest absolute Gasteiger partial charge is 0.478 e. The van der Waals surface area contributed by atoms with E-state index in [2.05, 4.69) is 0 Å². The number of carbonyl (C=O) groups excluding carboxylic acids is 2. The predicted molar refractivity (Wildman–Crippen MR) is 107 cm³/mol. The predicted octanol–water partition coefficient (Wildman–Crippen LogP) is 0.854. The summed E-state index contributed by atoms with van der Waals surface area (Å²) in [6, 6.07) is 5.30. The molecule has 0 unspecified atom stereocenters. The van der Waals surface area contributed by atoms with E-state index in [9.17, 15) is 33.9 Å². The lowest BCUT2D eigenvalue weighted by atomic mass is 10.0. The molecule has 5 N–H and O–H groups in total. The molecule has 0 saturated heterocycles. The number of esters is 2. The van der Waals surface area contributed by atoms with Crippen LogP contribution in [-0.2, 0) is 9.47 Å². The average molecular weight is 476 g/mol. The normalized spacial score (nSPS) is 10.4. The third-order valence-corrected chi connectivity index (χ3v) is 4.25. The molecule has 0 spiro atoms. The Morgan fingerprint density at radius 2 is 0.941 bits per heavy atom. The fourth-order valence-corrected chi connectivity index (χ4v) is 2.61. The summed E-state index contributed by atoms with van der Waals surface area (Å²) >= 11 is 0. The number of carboxylic acid groups (broad SMARTS) is 4. The number of carbonyl (C=O) groups is 6. The summed E-state index contributed by atoms with van der Waals surface area (Å²) < 4.78 is 9.52. The van der Waals surface area contributed by atoms with Gasteiger partial charge in [-0.15, -0.1) is 0 Å². The maximum atomic E-state index is 12.2. The van der Waals surface area contributed by atoms with Crippen molar-refractivity contribution in [1.29, 1.82) is 0 Å². The fourth-order valence-electron chi connectivity index (χ4n) is 2.61. The van der Waals surface area contributed by atoms with Gasteiger partial charge in [-0.05, 0) is 36.4 Å². The van der Waals surface area contributed by atoms with E-state index >= 15 is 0 Å². The molecule has 0 aliphatic carbocycles. The summed E-state index contributed by atoms with van der Waals surface area (Å²) in [6.45, 7) is -1.60. The van der Waals surface area contributed by atoms with Gasteiger partial charge in [-0.3, -0.25) is 0 Å². The van der Waals surface area contributed by atoms with Gasteiger partial charge in [-0.2, -0.15) is 0 Å². The molecule has 0 atom stereocenters. The maximum absolute atomic E-state index is 12.2. The molecule has 178 valence electrons. The van der Waals surface area contributed by atoms with Crippen LogP contribution in [-0.4, -0.2) is 80.7 Å². The van der Waals surface area contributed by atoms with Crippen LogP contribution in [0.5, 0.6) is 0 Å². The van der Waals surface area contributed by atoms with Crippen molar-refractivity contribution in [3.05, 3.63) is 69.8 Å². The van der Waals surface area contributed by atoms with Gasteiger partial charge < -0.3 is 35.0 Å². The molecule has 2 rings (SSSR count). The topological polar surface area (TPSA) is 222 Å². The van der Waals surface area contributed by atoms with E-state index in [0.717, 1.165) is 36.4 Å². The third kappa shape index (κ3) is 6.14. The minimum absolute atomic E-state index is 0.385. The van der Waals surface area contributed by atoms with E-state index in [1.54, 1.807) is 0 Å². The van der Waals surface area contributed by atoms with E-state index in [-0.39, 0.29) is 11.1 Å². The Morgan fingerprint density at radius 3 is 1.24 bits per heavy atom. The lowest BCUT2D eigenvalue weighted by Gasteiger charge is -2.14. The molecule has 0 aliphatic rings. The molecule has 0 saturated carbocycles. The zero-order valence-electron chi connectivity index (χ0n) is 17.0. The van der Waals surface area contributed by atoms with Crippen LogP contribution in [0.1, 0.15) is 62.1 Å². The lowest BCUT2D eigenvalue weighted by molar-refractivity contribution is -0.00495. The first kappa shape index (κ1) is 25.5. The van der Waals surface area contributed by atoms with Crippen molar-refractivity contribution in [2.75, 3.05) is 13.2 Å². The van der Waals surface area contributed by atoms with Gasteiger partial charge >= 0.3 is 35.8 Å². The Balaban J connectivity index is 2.06. The molecule has 0 aromatic heterocycles. The zero-order valence-corrected chi connectivity index (χ0v) is 17.0. The van der Waals surface area contributed by atoms with Gasteiger partial charge in [0.05, 0.1) is 33.4 Å². The van der Waals surface area contributed by atoms with Crippen LogP contribution in [0.2, 0.25) is 0 Å². The molecule has 0 fully saturated rings. The number of hydrogen-bond donors (Lipinski definition) is 5. The van der Waals surface area contributed by atoms with E-state index < -0.39 is 77.4 Å². The molecule has 0 heterocycles. The second-order valence-corrected chi connectivity index (χ2v) is 6.59. The van der Waals surface area contributed by atoms with Gasteiger partial charge in [-0.1, -0.05) is 0 Å². The monoisotopic (exact) mass is 476 g/mol. The van der Waals surface area contributed by atoms with Crippen molar-refractivity contribution in [2.24, 2.45) is 0 Å². The number of benzene rings is 2. The molecular formula is C21H16O13. The molecule has 0 radical (unpaired) electrons. The number of hydrogen-bond acceptors (Lipinski definition) is 9. The molecule has 34 heavy (non-hydrogen) atoms. The summed E-state index contributed by atoms with van der Waals surface area (Å²) in [7, 11) is 0. The second kappa shape index (κ2) is 10.7. The van der Waals surface area contributed by atoms with Crippen LogP contribution < -0.4 is 0 Å². The molecule has 2 aromatic rings. The summed E-state index contributed by atoms with van der Waals surface area (Å²) in [5, 5.41) is 46.2. The molecule has 13 nitrogen and oxygen atoms in total. The highest BCUT2D eigenvalue weighted by Crippen LogP contribution is 2.16. The Bertz CT molecular complexity index is 1090. The molecule has 0 bridgehead atoms. The van der Waals surface area contributed by atoms with E-state index in [1.807, 2.05) is 0 Å². The van der Waals surface area contributed by atoms with Crippen molar-refractivity contribution < 1.29 is 63.8 Å². The number of aliphatic hydroxyl groups excluding tert-OH is 1. The first-order valence-corrected chi connectivity index (χ1v) is 9.16. The smallest absolute Gasteiger partial charge is 0.339 e. The van der Waals surface area contributed by atoms with Crippen LogP contribution in [0.25, 0.3) is 0 Å². The number of ether oxygens (including phenoxy) is 2. The fraction of sp³-hybridized carbons (Fsp3) is 0.143. The highest BCUT2D eigenvalue weighted by atomic mass is 16.6. The summed E-state index contributed by atoms with van der Waals surface area (Å²) in [5.41, 5.74) is -3.04. The van der Waals surface area contributed by atoms with Crippen LogP contribution in [0, 0.1) is 0 Å². The number of aromatic carboxylic acids is 4. The Kier molecular flexibility index (Phi) is 8.01. The average Bonchev–Trinajstić information content (AvgIpc) is 2.79. The van der Waals surface area contributed by atoms with Crippen molar-refractivity contribution >= 4 is 35.8 Å². The van der Waals surface area contributed by atoms with E-state index in [0.29, 0.717) is 0 Å². The van der Waals surface area contributed by atoms with Gasteiger partial charge in [0.15, 0.2) is 0 Å². The van der Waals surface area contributed by atoms with Crippen molar-refractivity contribution in [3.8, 4) is 0 Å². The van der Waals surface area contributed by atoms with E-state index in [1.165, 1.54) is 0 Å². The minimum Gasteiger partial charge on any atom is -0.478 e. The highest BCUT2D eigenvalue weighted by molar-refractivity contribution is 6.05. The highest BCUT2D eigenvalue weighted by Gasteiger charge is 2.23. The molecular weight excluding hydrogens is 460 g/mol. The summed E-state index contributed by atoms with van der Waals surface area (Å²) in [4.78, 5) is 69.1. The van der Waals surface area contributed by atoms with Gasteiger partial charge in [0.2, 0.25) is 0 Å². The quantitative estimate of drug-likeness (QED) is 0.300.